The smallest absolute Gasteiger partial charge is 0.267 e. The van der Waals surface area contributed by atoms with Crippen molar-refractivity contribution in [1.29, 1.82) is 0 Å². The molecule has 10 nitrogen and oxygen atoms in total. The summed E-state index contributed by atoms with van der Waals surface area (Å²) in [5, 5.41) is 3.13. The van der Waals surface area contributed by atoms with Crippen molar-refractivity contribution in [3.05, 3.63) is 66.3 Å². The first-order valence-corrected chi connectivity index (χ1v) is 14.1. The molecule has 211 valence electrons. The number of para-hydroxylation sites is 1. The largest absolute Gasteiger partial charge is 0.364 e. The van der Waals surface area contributed by atoms with Crippen LogP contribution in [-0.2, 0) is 20.8 Å². The summed E-state index contributed by atoms with van der Waals surface area (Å²) in [6.07, 6.45) is 9.63. The van der Waals surface area contributed by atoms with Crippen molar-refractivity contribution < 1.29 is 19.2 Å². The lowest BCUT2D eigenvalue weighted by atomic mass is 9.85. The van der Waals surface area contributed by atoms with Crippen LogP contribution in [0, 0.1) is 6.42 Å². The monoisotopic (exact) mass is 545 g/mol. The highest BCUT2D eigenvalue weighted by Gasteiger charge is 2.54. The Morgan fingerprint density at radius 3 is 2.45 bits per heavy atom. The molecular weight excluding hydrogens is 508 g/mol. The molecule has 10 heteroatoms. The quantitative estimate of drug-likeness (QED) is 0.522. The van der Waals surface area contributed by atoms with Crippen molar-refractivity contribution in [2.75, 3.05) is 31.2 Å². The van der Waals surface area contributed by atoms with E-state index in [1.165, 1.54) is 19.0 Å². The van der Waals surface area contributed by atoms with Crippen LogP contribution in [0.2, 0.25) is 0 Å². The van der Waals surface area contributed by atoms with Crippen LogP contribution in [0.25, 0.3) is 0 Å². The van der Waals surface area contributed by atoms with E-state index in [0.29, 0.717) is 38.2 Å². The summed E-state index contributed by atoms with van der Waals surface area (Å²) >= 11 is 0. The van der Waals surface area contributed by atoms with Crippen molar-refractivity contribution in [1.82, 2.24) is 20.1 Å². The average molecular weight is 546 g/mol. The van der Waals surface area contributed by atoms with Gasteiger partial charge in [-0.3, -0.25) is 24.2 Å². The first-order chi connectivity index (χ1) is 19.4. The van der Waals surface area contributed by atoms with E-state index < -0.39 is 11.4 Å². The van der Waals surface area contributed by atoms with Crippen LogP contribution in [-0.4, -0.2) is 76.3 Å². The number of pyridine rings is 1. The maximum Gasteiger partial charge on any atom is 0.267 e. The molecule has 1 aromatic carbocycles. The molecule has 0 atom stereocenters. The molecule has 5 rings (SSSR count). The van der Waals surface area contributed by atoms with Crippen LogP contribution in [0.3, 0.4) is 0 Å². The summed E-state index contributed by atoms with van der Waals surface area (Å²) in [4.78, 5) is 61.1. The SMILES string of the molecule is NC(=O)c1ncccc1C[CH]C(=O)N1CCC2(CC1)C(=O)N(CC(=O)NC1CCCCC1)CN2c1ccccc1. The molecule has 40 heavy (non-hydrogen) atoms. The molecule has 3 heterocycles. The maximum atomic E-state index is 13.9. The zero-order valence-corrected chi connectivity index (χ0v) is 22.8. The third kappa shape index (κ3) is 5.80. The number of hydrogen-bond acceptors (Lipinski definition) is 6. The highest BCUT2D eigenvalue weighted by Crippen LogP contribution is 2.39. The van der Waals surface area contributed by atoms with Gasteiger partial charge in [0.05, 0.1) is 13.1 Å². The number of benzene rings is 1. The minimum absolute atomic E-state index is 0.0319. The Morgan fingerprint density at radius 1 is 1.02 bits per heavy atom. The maximum absolute atomic E-state index is 13.9. The summed E-state index contributed by atoms with van der Waals surface area (Å²) in [6, 6.07) is 13.4. The normalized spacial score (nSPS) is 19.2. The second-order valence-electron chi connectivity index (χ2n) is 11.0. The summed E-state index contributed by atoms with van der Waals surface area (Å²) in [5.74, 6) is -0.963. The third-order valence-electron chi connectivity index (χ3n) is 8.41. The van der Waals surface area contributed by atoms with Gasteiger partial charge in [0.2, 0.25) is 11.8 Å². The lowest BCUT2D eigenvalue weighted by molar-refractivity contribution is -0.139. The van der Waals surface area contributed by atoms with Crippen LogP contribution in [0.5, 0.6) is 0 Å². The number of nitrogens with two attached hydrogens (primary N) is 1. The van der Waals surface area contributed by atoms with Crippen LogP contribution < -0.4 is 16.0 Å². The molecule has 3 aliphatic rings. The molecule has 1 aromatic heterocycles. The number of piperidine rings is 1. The summed E-state index contributed by atoms with van der Waals surface area (Å²) in [6.45, 7) is 1.17. The van der Waals surface area contributed by atoms with Crippen molar-refractivity contribution >= 4 is 29.3 Å². The molecule has 3 fully saturated rings. The zero-order valence-electron chi connectivity index (χ0n) is 22.8. The third-order valence-corrected chi connectivity index (χ3v) is 8.41. The first-order valence-electron chi connectivity index (χ1n) is 14.1. The van der Waals surface area contributed by atoms with E-state index in [-0.39, 0.29) is 42.4 Å². The molecule has 4 amide bonds. The second-order valence-corrected chi connectivity index (χ2v) is 11.0. The van der Waals surface area contributed by atoms with E-state index in [2.05, 4.69) is 15.2 Å². The fourth-order valence-corrected chi connectivity index (χ4v) is 6.26. The number of aromatic nitrogens is 1. The van der Waals surface area contributed by atoms with Crippen molar-refractivity contribution in [3.8, 4) is 0 Å². The molecule has 1 aliphatic carbocycles. The van der Waals surface area contributed by atoms with E-state index >= 15 is 0 Å². The number of carbonyl (C=O) groups excluding carboxylic acids is 4. The van der Waals surface area contributed by atoms with Crippen molar-refractivity contribution in [2.24, 2.45) is 5.73 Å². The molecule has 1 saturated carbocycles. The number of primary amides is 1. The molecule has 2 saturated heterocycles. The number of likely N-dealkylation sites (tertiary alicyclic amines) is 1. The lowest BCUT2D eigenvalue weighted by Crippen LogP contribution is -2.57. The Morgan fingerprint density at radius 2 is 1.75 bits per heavy atom. The van der Waals surface area contributed by atoms with Gasteiger partial charge < -0.3 is 25.8 Å². The minimum atomic E-state index is -0.814. The summed E-state index contributed by atoms with van der Waals surface area (Å²) in [5.41, 5.74) is 6.28. The Bertz CT molecular complexity index is 1240. The van der Waals surface area contributed by atoms with Gasteiger partial charge in [0.25, 0.3) is 11.8 Å². The topological polar surface area (TPSA) is 129 Å². The number of anilines is 1. The highest BCUT2D eigenvalue weighted by atomic mass is 16.2. The van der Waals surface area contributed by atoms with Gasteiger partial charge in [-0.25, -0.2) is 0 Å². The first kappa shape index (κ1) is 27.6. The number of amides is 4. The van der Waals surface area contributed by atoms with E-state index in [4.69, 9.17) is 5.73 Å². The molecule has 1 spiro atoms. The van der Waals surface area contributed by atoms with Crippen LogP contribution >= 0.6 is 0 Å². The predicted molar refractivity (Wildman–Crippen MR) is 150 cm³/mol. The molecule has 2 aromatic rings. The second kappa shape index (κ2) is 12.1. The summed E-state index contributed by atoms with van der Waals surface area (Å²) in [7, 11) is 0. The standard InChI is InChI=1S/C30H37N6O4/c31-28(39)27-22(8-7-17-32-27)13-14-26(38)34-18-15-30(16-19-34)29(40)35(21-36(30)24-11-5-2-6-12-24)20-25(37)33-23-9-3-1-4-10-23/h2,5-8,11-12,14,17,23H,1,3-4,9-10,13,15-16,18-21H2,(H2,31,39)(H,33,37). The molecular formula is C30H37N6O4. The van der Waals surface area contributed by atoms with Crippen molar-refractivity contribution in [3.63, 3.8) is 0 Å². The van der Waals surface area contributed by atoms with Gasteiger partial charge in [-0.05, 0) is 55.9 Å². The number of nitrogens with zero attached hydrogens (tertiary/aromatic N) is 4. The molecule has 0 bridgehead atoms. The number of nitrogens with one attached hydrogen (secondary N) is 1. The van der Waals surface area contributed by atoms with Gasteiger partial charge in [0, 0.05) is 31.0 Å². The molecule has 1 radical (unpaired) electrons. The Balaban J connectivity index is 1.25. The average Bonchev–Trinajstić information content (AvgIpc) is 3.23. The van der Waals surface area contributed by atoms with Gasteiger partial charge in [0.15, 0.2) is 0 Å². The Kier molecular flexibility index (Phi) is 8.32. The number of rotatable bonds is 8. The number of carbonyl (C=O) groups is 4. The molecule has 2 aliphatic heterocycles. The van der Waals surface area contributed by atoms with E-state index in [0.717, 1.165) is 31.4 Å². The van der Waals surface area contributed by atoms with E-state index in [1.54, 1.807) is 21.9 Å². The lowest BCUT2D eigenvalue weighted by Gasteiger charge is -2.43. The van der Waals surface area contributed by atoms with Gasteiger partial charge >= 0.3 is 0 Å². The van der Waals surface area contributed by atoms with E-state index in [1.807, 2.05) is 30.3 Å². The molecule has 0 unspecified atom stereocenters. The van der Waals surface area contributed by atoms with Gasteiger partial charge in [-0.2, -0.15) is 0 Å². The van der Waals surface area contributed by atoms with Gasteiger partial charge in [-0.1, -0.05) is 43.5 Å². The van der Waals surface area contributed by atoms with Gasteiger partial charge in [0.1, 0.15) is 17.8 Å². The summed E-state index contributed by atoms with van der Waals surface area (Å²) < 4.78 is 0. The van der Waals surface area contributed by atoms with E-state index in [9.17, 15) is 19.2 Å². The fourth-order valence-electron chi connectivity index (χ4n) is 6.26. The minimum Gasteiger partial charge on any atom is -0.364 e. The molecule has 3 N–H and O–H groups in total. The fraction of sp³-hybridized carbons (Fsp3) is 0.467. The Hall–Kier alpha value is -3.95. The van der Waals surface area contributed by atoms with Crippen molar-refractivity contribution in [2.45, 2.75) is 62.9 Å². The predicted octanol–water partition coefficient (Wildman–Crippen LogP) is 2.04. The van der Waals surface area contributed by atoms with Crippen LogP contribution in [0.4, 0.5) is 5.69 Å². The van der Waals surface area contributed by atoms with Gasteiger partial charge in [-0.15, -0.1) is 0 Å². The zero-order chi connectivity index (χ0) is 28.1. The van der Waals surface area contributed by atoms with Crippen LogP contribution in [0.15, 0.2) is 48.7 Å². The highest BCUT2D eigenvalue weighted by molar-refractivity contribution is 5.97. The Labute approximate surface area is 234 Å². The number of hydrogen-bond donors (Lipinski definition) is 2. The van der Waals surface area contributed by atoms with Crippen LogP contribution in [0.1, 0.15) is 61.0 Å².